The smallest absolute Gasteiger partial charge is 0.0638 e. The standard InChI is InChI=1S/C11H22N4/c1-4-12-6-5-7-13-8-11-9-15(3)14-10(11)2/h9,12-13H,4-8H2,1-3H3. The first-order valence-corrected chi connectivity index (χ1v) is 5.64. The summed E-state index contributed by atoms with van der Waals surface area (Å²) in [6, 6.07) is 0. The lowest BCUT2D eigenvalue weighted by atomic mass is 10.2. The Morgan fingerprint density at radius 3 is 2.67 bits per heavy atom. The van der Waals surface area contributed by atoms with Crippen LogP contribution in [-0.4, -0.2) is 29.4 Å². The van der Waals surface area contributed by atoms with Crippen LogP contribution in [0.1, 0.15) is 24.6 Å². The Hall–Kier alpha value is -0.870. The number of nitrogens with zero attached hydrogens (tertiary/aromatic N) is 2. The van der Waals surface area contributed by atoms with Crippen LogP contribution in [0.3, 0.4) is 0 Å². The fraction of sp³-hybridized carbons (Fsp3) is 0.727. The molecule has 1 heterocycles. The van der Waals surface area contributed by atoms with Crippen molar-refractivity contribution >= 4 is 0 Å². The Morgan fingerprint density at radius 2 is 2.07 bits per heavy atom. The van der Waals surface area contributed by atoms with E-state index in [1.54, 1.807) is 0 Å². The molecule has 0 fully saturated rings. The Labute approximate surface area is 92.1 Å². The number of aromatic nitrogens is 2. The predicted octanol–water partition coefficient (Wildman–Crippen LogP) is 0.818. The molecule has 0 aliphatic heterocycles. The lowest BCUT2D eigenvalue weighted by Gasteiger charge is -2.04. The molecule has 0 aromatic carbocycles. The van der Waals surface area contributed by atoms with Crippen LogP contribution in [0.15, 0.2) is 6.20 Å². The third-order valence-corrected chi connectivity index (χ3v) is 2.39. The van der Waals surface area contributed by atoms with Crippen molar-refractivity contribution in [2.24, 2.45) is 7.05 Å². The molecule has 0 amide bonds. The zero-order chi connectivity index (χ0) is 11.1. The van der Waals surface area contributed by atoms with Gasteiger partial charge in [-0.25, -0.2) is 0 Å². The normalized spacial score (nSPS) is 10.9. The molecule has 0 radical (unpaired) electrons. The molecular formula is C11H22N4. The summed E-state index contributed by atoms with van der Waals surface area (Å²) >= 11 is 0. The van der Waals surface area contributed by atoms with E-state index in [1.165, 1.54) is 12.0 Å². The minimum Gasteiger partial charge on any atom is -0.317 e. The fourth-order valence-corrected chi connectivity index (χ4v) is 1.56. The van der Waals surface area contributed by atoms with Gasteiger partial charge in [-0.1, -0.05) is 6.92 Å². The molecule has 0 spiro atoms. The molecular weight excluding hydrogens is 188 g/mol. The zero-order valence-electron chi connectivity index (χ0n) is 10.0. The highest BCUT2D eigenvalue weighted by molar-refractivity contribution is 5.14. The average molecular weight is 210 g/mol. The van der Waals surface area contributed by atoms with Gasteiger partial charge in [0.15, 0.2) is 0 Å². The highest BCUT2D eigenvalue weighted by Gasteiger charge is 2.01. The van der Waals surface area contributed by atoms with Crippen molar-refractivity contribution in [3.63, 3.8) is 0 Å². The monoisotopic (exact) mass is 210 g/mol. The molecule has 0 atom stereocenters. The molecule has 2 N–H and O–H groups in total. The van der Waals surface area contributed by atoms with Gasteiger partial charge >= 0.3 is 0 Å². The number of rotatable bonds is 7. The van der Waals surface area contributed by atoms with Gasteiger partial charge in [-0.2, -0.15) is 5.10 Å². The topological polar surface area (TPSA) is 41.9 Å². The summed E-state index contributed by atoms with van der Waals surface area (Å²) in [6.07, 6.45) is 3.25. The van der Waals surface area contributed by atoms with Crippen LogP contribution in [0.5, 0.6) is 0 Å². The summed E-state index contributed by atoms with van der Waals surface area (Å²) in [7, 11) is 1.96. The lowest BCUT2D eigenvalue weighted by Crippen LogP contribution is -2.21. The molecule has 15 heavy (non-hydrogen) atoms. The van der Waals surface area contributed by atoms with E-state index in [9.17, 15) is 0 Å². The quantitative estimate of drug-likeness (QED) is 0.655. The van der Waals surface area contributed by atoms with Gasteiger partial charge < -0.3 is 10.6 Å². The van der Waals surface area contributed by atoms with Crippen LogP contribution >= 0.6 is 0 Å². The number of nitrogens with one attached hydrogen (secondary N) is 2. The first-order valence-electron chi connectivity index (χ1n) is 5.64. The SMILES string of the molecule is CCNCCCNCc1cn(C)nc1C. The van der Waals surface area contributed by atoms with Crippen molar-refractivity contribution in [1.82, 2.24) is 20.4 Å². The van der Waals surface area contributed by atoms with Gasteiger partial charge in [0.25, 0.3) is 0 Å². The van der Waals surface area contributed by atoms with Gasteiger partial charge in [-0.05, 0) is 33.0 Å². The summed E-state index contributed by atoms with van der Waals surface area (Å²) in [4.78, 5) is 0. The first-order chi connectivity index (χ1) is 7.24. The Balaban J connectivity index is 2.12. The highest BCUT2D eigenvalue weighted by atomic mass is 15.2. The summed E-state index contributed by atoms with van der Waals surface area (Å²) in [5, 5.41) is 11.0. The molecule has 1 aromatic rings. The van der Waals surface area contributed by atoms with Crippen LogP contribution in [0, 0.1) is 6.92 Å². The maximum absolute atomic E-state index is 4.30. The molecule has 1 rings (SSSR count). The zero-order valence-corrected chi connectivity index (χ0v) is 10.0. The summed E-state index contributed by atoms with van der Waals surface area (Å²) < 4.78 is 1.87. The van der Waals surface area contributed by atoms with Crippen LogP contribution in [0.25, 0.3) is 0 Å². The van der Waals surface area contributed by atoms with E-state index < -0.39 is 0 Å². The molecule has 86 valence electrons. The third kappa shape index (κ3) is 4.44. The molecule has 0 unspecified atom stereocenters. The summed E-state index contributed by atoms with van der Waals surface area (Å²) in [5.41, 5.74) is 2.41. The first kappa shape index (κ1) is 12.2. The molecule has 0 saturated heterocycles. The highest BCUT2D eigenvalue weighted by Crippen LogP contribution is 2.03. The van der Waals surface area contributed by atoms with E-state index in [2.05, 4.69) is 35.8 Å². The Bertz CT molecular complexity index is 280. The van der Waals surface area contributed by atoms with Crippen LogP contribution in [0.2, 0.25) is 0 Å². The van der Waals surface area contributed by atoms with E-state index in [-0.39, 0.29) is 0 Å². The van der Waals surface area contributed by atoms with Gasteiger partial charge in [-0.3, -0.25) is 4.68 Å². The molecule has 0 bridgehead atoms. The maximum Gasteiger partial charge on any atom is 0.0638 e. The van der Waals surface area contributed by atoms with E-state index in [4.69, 9.17) is 0 Å². The fourth-order valence-electron chi connectivity index (χ4n) is 1.56. The van der Waals surface area contributed by atoms with Crippen LogP contribution in [-0.2, 0) is 13.6 Å². The minimum absolute atomic E-state index is 0.922. The summed E-state index contributed by atoms with van der Waals surface area (Å²) in [6.45, 7) is 8.31. The average Bonchev–Trinajstić information content (AvgIpc) is 2.51. The van der Waals surface area contributed by atoms with Crippen molar-refractivity contribution in [1.29, 1.82) is 0 Å². The summed E-state index contributed by atoms with van der Waals surface area (Å²) in [5.74, 6) is 0. The van der Waals surface area contributed by atoms with Crippen molar-refractivity contribution in [3.05, 3.63) is 17.5 Å². The van der Waals surface area contributed by atoms with Crippen molar-refractivity contribution in [2.45, 2.75) is 26.8 Å². The largest absolute Gasteiger partial charge is 0.317 e. The molecule has 4 heteroatoms. The van der Waals surface area contributed by atoms with Gasteiger partial charge in [0.1, 0.15) is 0 Å². The van der Waals surface area contributed by atoms with Gasteiger partial charge in [0.2, 0.25) is 0 Å². The van der Waals surface area contributed by atoms with Crippen molar-refractivity contribution < 1.29 is 0 Å². The Morgan fingerprint density at radius 1 is 1.33 bits per heavy atom. The number of aryl methyl sites for hydroxylation is 2. The minimum atomic E-state index is 0.922. The second kappa shape index (κ2) is 6.58. The number of hydrogen-bond donors (Lipinski definition) is 2. The number of hydrogen-bond acceptors (Lipinski definition) is 3. The van der Waals surface area contributed by atoms with E-state index >= 15 is 0 Å². The van der Waals surface area contributed by atoms with E-state index in [1.807, 2.05) is 11.7 Å². The van der Waals surface area contributed by atoms with Gasteiger partial charge in [0.05, 0.1) is 5.69 Å². The predicted molar refractivity (Wildman–Crippen MR) is 62.8 cm³/mol. The van der Waals surface area contributed by atoms with Crippen molar-refractivity contribution in [2.75, 3.05) is 19.6 Å². The van der Waals surface area contributed by atoms with E-state index in [0.717, 1.165) is 31.9 Å². The van der Waals surface area contributed by atoms with Crippen LogP contribution < -0.4 is 10.6 Å². The van der Waals surface area contributed by atoms with E-state index in [0.29, 0.717) is 0 Å². The van der Waals surface area contributed by atoms with Gasteiger partial charge in [-0.15, -0.1) is 0 Å². The molecule has 4 nitrogen and oxygen atoms in total. The Kier molecular flexibility index (Phi) is 5.36. The lowest BCUT2D eigenvalue weighted by molar-refractivity contribution is 0.605. The molecule has 0 saturated carbocycles. The maximum atomic E-state index is 4.30. The second-order valence-electron chi connectivity index (χ2n) is 3.80. The molecule has 0 aliphatic carbocycles. The van der Waals surface area contributed by atoms with Crippen molar-refractivity contribution in [3.8, 4) is 0 Å². The third-order valence-electron chi connectivity index (χ3n) is 2.39. The molecule has 1 aromatic heterocycles. The van der Waals surface area contributed by atoms with Crippen LogP contribution in [0.4, 0.5) is 0 Å². The van der Waals surface area contributed by atoms with Gasteiger partial charge in [0, 0.05) is 25.4 Å². The molecule has 0 aliphatic rings. The second-order valence-corrected chi connectivity index (χ2v) is 3.80.